The van der Waals surface area contributed by atoms with E-state index in [2.05, 4.69) is 4.98 Å². The van der Waals surface area contributed by atoms with Crippen LogP contribution in [0, 0.1) is 12.7 Å². The molecular formula is C24H22F4N2O4S. The molecular weight excluding hydrogens is 488 g/mol. The van der Waals surface area contributed by atoms with Gasteiger partial charge in [-0.3, -0.25) is 9.78 Å². The number of aromatic nitrogens is 1. The second-order valence-electron chi connectivity index (χ2n) is 7.91. The molecule has 0 N–H and O–H groups in total. The molecule has 1 aromatic heterocycles. The third-order valence-electron chi connectivity index (χ3n) is 5.13. The van der Waals surface area contributed by atoms with Gasteiger partial charge in [-0.1, -0.05) is 0 Å². The lowest BCUT2D eigenvalue weighted by molar-refractivity contribution is -0.137. The Balaban J connectivity index is 2.19. The zero-order valence-corrected chi connectivity index (χ0v) is 19.9. The number of rotatable bonds is 7. The summed E-state index contributed by atoms with van der Waals surface area (Å²) in [4.78, 5) is 18.6. The van der Waals surface area contributed by atoms with Gasteiger partial charge in [-0.2, -0.15) is 13.2 Å². The van der Waals surface area contributed by atoms with Crippen LogP contribution >= 0.6 is 0 Å². The number of anilines is 1. The number of sulfone groups is 1. The lowest BCUT2D eigenvalue weighted by atomic mass is 10.0. The standard InChI is InChI=1S/C24H22F4N2O4S/c1-15-10-16(12-17(11-15)24(26,27)28)23(31)30(8-9-35(3,32)33)21-14-29-7-6-19(21)20-5-4-18(25)13-22(20)34-2/h4-7,10-14H,8-9H2,1-3H3. The van der Waals surface area contributed by atoms with Gasteiger partial charge < -0.3 is 9.64 Å². The van der Waals surface area contributed by atoms with Crippen LogP contribution < -0.4 is 9.64 Å². The molecule has 0 aliphatic carbocycles. The third kappa shape index (κ3) is 6.36. The van der Waals surface area contributed by atoms with E-state index in [1.165, 1.54) is 50.7 Å². The number of carbonyl (C=O) groups excluding carboxylic acids is 1. The highest BCUT2D eigenvalue weighted by molar-refractivity contribution is 7.90. The van der Waals surface area contributed by atoms with Crippen LogP contribution in [-0.2, 0) is 16.0 Å². The topological polar surface area (TPSA) is 76.6 Å². The molecule has 6 nitrogen and oxygen atoms in total. The van der Waals surface area contributed by atoms with Crippen LogP contribution in [-0.4, -0.2) is 45.0 Å². The first-order valence-corrected chi connectivity index (χ1v) is 12.3. The Kier molecular flexibility index (Phi) is 7.49. The fourth-order valence-electron chi connectivity index (χ4n) is 3.53. The van der Waals surface area contributed by atoms with Gasteiger partial charge in [-0.05, 0) is 48.9 Å². The van der Waals surface area contributed by atoms with E-state index in [0.29, 0.717) is 11.1 Å². The first-order valence-electron chi connectivity index (χ1n) is 10.3. The highest BCUT2D eigenvalue weighted by Gasteiger charge is 2.32. The van der Waals surface area contributed by atoms with E-state index in [-0.39, 0.29) is 29.1 Å². The van der Waals surface area contributed by atoms with Crippen molar-refractivity contribution in [1.82, 2.24) is 4.98 Å². The number of methoxy groups -OCH3 is 1. The summed E-state index contributed by atoms with van der Waals surface area (Å²) in [5.74, 6) is -1.72. The molecule has 11 heteroatoms. The minimum absolute atomic E-state index is 0.126. The molecule has 3 rings (SSSR count). The number of halogens is 4. The van der Waals surface area contributed by atoms with Crippen molar-refractivity contribution in [2.24, 2.45) is 0 Å². The maximum atomic E-state index is 13.8. The number of nitrogens with zero attached hydrogens (tertiary/aromatic N) is 2. The lowest BCUT2D eigenvalue weighted by Crippen LogP contribution is -2.36. The van der Waals surface area contributed by atoms with Gasteiger partial charge in [0.05, 0.1) is 30.3 Å². The van der Waals surface area contributed by atoms with Crippen molar-refractivity contribution in [1.29, 1.82) is 0 Å². The van der Waals surface area contributed by atoms with Gasteiger partial charge in [0.15, 0.2) is 0 Å². The Hall–Kier alpha value is -3.47. The van der Waals surface area contributed by atoms with E-state index in [1.807, 2.05) is 0 Å². The quantitative estimate of drug-likeness (QED) is 0.422. The van der Waals surface area contributed by atoms with Gasteiger partial charge >= 0.3 is 6.18 Å². The van der Waals surface area contributed by atoms with Crippen molar-refractivity contribution in [3.8, 4) is 16.9 Å². The van der Waals surface area contributed by atoms with Gasteiger partial charge in [-0.25, -0.2) is 12.8 Å². The zero-order valence-electron chi connectivity index (χ0n) is 19.1. The third-order valence-corrected chi connectivity index (χ3v) is 6.05. The number of pyridine rings is 1. The van der Waals surface area contributed by atoms with Gasteiger partial charge in [0, 0.05) is 41.8 Å². The summed E-state index contributed by atoms with van der Waals surface area (Å²) in [6.45, 7) is 1.07. The molecule has 186 valence electrons. The van der Waals surface area contributed by atoms with Gasteiger partial charge in [0.2, 0.25) is 0 Å². The van der Waals surface area contributed by atoms with Crippen LogP contribution in [0.5, 0.6) is 5.75 Å². The lowest BCUT2D eigenvalue weighted by Gasteiger charge is -2.26. The Morgan fingerprint density at radius 3 is 2.43 bits per heavy atom. The van der Waals surface area contributed by atoms with E-state index in [4.69, 9.17) is 4.74 Å². The maximum Gasteiger partial charge on any atom is 0.416 e. The summed E-state index contributed by atoms with van der Waals surface area (Å²) < 4.78 is 83.0. The average Bonchev–Trinajstić information content (AvgIpc) is 2.77. The highest BCUT2D eigenvalue weighted by atomic mass is 32.2. The summed E-state index contributed by atoms with van der Waals surface area (Å²) in [6.07, 6.45) is -0.995. The number of hydrogen-bond donors (Lipinski definition) is 0. The molecule has 0 spiro atoms. The molecule has 0 bridgehead atoms. The number of alkyl halides is 3. The van der Waals surface area contributed by atoms with Crippen molar-refractivity contribution in [3.05, 3.63) is 77.4 Å². The molecule has 0 saturated heterocycles. The molecule has 0 unspecified atom stereocenters. The molecule has 0 radical (unpaired) electrons. The molecule has 3 aromatic rings. The fourth-order valence-corrected chi connectivity index (χ4v) is 4.05. The summed E-state index contributed by atoms with van der Waals surface area (Å²) in [5, 5.41) is 0. The van der Waals surface area contributed by atoms with Crippen molar-refractivity contribution >= 4 is 21.4 Å². The molecule has 0 saturated carbocycles. The van der Waals surface area contributed by atoms with E-state index in [0.717, 1.165) is 29.4 Å². The van der Waals surface area contributed by atoms with Crippen LogP contribution in [0.15, 0.2) is 54.9 Å². The number of benzene rings is 2. The van der Waals surface area contributed by atoms with E-state index < -0.39 is 39.1 Å². The van der Waals surface area contributed by atoms with Crippen LogP contribution in [0.25, 0.3) is 11.1 Å². The number of aryl methyl sites for hydroxylation is 1. The molecule has 0 aliphatic heterocycles. The Bertz CT molecular complexity index is 1360. The smallest absolute Gasteiger partial charge is 0.416 e. The van der Waals surface area contributed by atoms with Crippen LogP contribution in [0.2, 0.25) is 0 Å². The van der Waals surface area contributed by atoms with Crippen molar-refractivity contribution in [2.75, 3.05) is 30.6 Å². The minimum Gasteiger partial charge on any atom is -0.496 e. The normalized spacial score (nSPS) is 11.9. The largest absolute Gasteiger partial charge is 0.496 e. The predicted octanol–water partition coefficient (Wildman–Crippen LogP) is 4.91. The van der Waals surface area contributed by atoms with E-state index >= 15 is 0 Å². The first-order chi connectivity index (χ1) is 16.3. The molecule has 0 aliphatic rings. The molecule has 0 fully saturated rings. The minimum atomic E-state index is -4.68. The molecule has 0 atom stereocenters. The second kappa shape index (κ2) is 10.0. The monoisotopic (exact) mass is 510 g/mol. The maximum absolute atomic E-state index is 13.8. The Morgan fingerprint density at radius 1 is 1.09 bits per heavy atom. The van der Waals surface area contributed by atoms with Crippen LogP contribution in [0.1, 0.15) is 21.5 Å². The van der Waals surface area contributed by atoms with Gasteiger partial charge in [0.1, 0.15) is 21.4 Å². The Labute approximate surface area is 200 Å². The summed E-state index contributed by atoms with van der Waals surface area (Å²) in [5.41, 5.74) is -0.215. The zero-order chi connectivity index (χ0) is 26.0. The van der Waals surface area contributed by atoms with Crippen LogP contribution in [0.3, 0.4) is 0 Å². The SMILES string of the molecule is COc1cc(F)ccc1-c1ccncc1N(CCS(C)(=O)=O)C(=O)c1cc(C)cc(C(F)(F)F)c1. The van der Waals surface area contributed by atoms with Gasteiger partial charge in [0.25, 0.3) is 5.91 Å². The molecule has 1 amide bonds. The number of amides is 1. The number of hydrogen-bond acceptors (Lipinski definition) is 5. The predicted molar refractivity (Wildman–Crippen MR) is 124 cm³/mol. The van der Waals surface area contributed by atoms with Gasteiger partial charge in [-0.15, -0.1) is 0 Å². The van der Waals surface area contributed by atoms with Crippen molar-refractivity contribution in [2.45, 2.75) is 13.1 Å². The fraction of sp³-hybridized carbons (Fsp3) is 0.250. The number of carbonyl (C=O) groups is 1. The average molecular weight is 511 g/mol. The van der Waals surface area contributed by atoms with Crippen molar-refractivity contribution < 1.29 is 35.5 Å². The van der Waals surface area contributed by atoms with Crippen molar-refractivity contribution in [3.63, 3.8) is 0 Å². The second-order valence-corrected chi connectivity index (χ2v) is 10.2. The summed E-state index contributed by atoms with van der Waals surface area (Å²) in [7, 11) is -2.22. The molecule has 2 aromatic carbocycles. The van der Waals surface area contributed by atoms with E-state index in [9.17, 15) is 30.8 Å². The molecule has 1 heterocycles. The highest BCUT2D eigenvalue weighted by Crippen LogP contribution is 2.38. The Morgan fingerprint density at radius 2 is 1.80 bits per heavy atom. The first kappa shape index (κ1) is 26.1. The number of ether oxygens (including phenoxy) is 1. The molecule has 35 heavy (non-hydrogen) atoms. The summed E-state index contributed by atoms with van der Waals surface area (Å²) in [6, 6.07) is 8.18. The summed E-state index contributed by atoms with van der Waals surface area (Å²) >= 11 is 0. The van der Waals surface area contributed by atoms with Crippen LogP contribution in [0.4, 0.5) is 23.2 Å². The van der Waals surface area contributed by atoms with E-state index in [1.54, 1.807) is 0 Å².